The molecule has 1 atom stereocenters. The Labute approximate surface area is 187 Å². The third-order valence-corrected chi connectivity index (χ3v) is 6.68. The molecule has 0 radical (unpaired) electrons. The zero-order valence-corrected chi connectivity index (χ0v) is 18.1. The Bertz CT molecular complexity index is 1260. The molecule has 2 aliphatic heterocycles. The van der Waals surface area contributed by atoms with Gasteiger partial charge in [0.1, 0.15) is 5.75 Å². The number of nitrogens with zero attached hydrogens (tertiary/aromatic N) is 2. The van der Waals surface area contributed by atoms with Gasteiger partial charge in [0.25, 0.3) is 5.69 Å². The van der Waals surface area contributed by atoms with Gasteiger partial charge in [0.05, 0.1) is 10.3 Å². The molecule has 0 N–H and O–H groups in total. The van der Waals surface area contributed by atoms with E-state index in [1.807, 2.05) is 18.2 Å². The zero-order valence-electron chi connectivity index (χ0n) is 18.1. The number of non-ortho nitro benzene ring substituents is 1. The molecule has 0 aromatic heterocycles. The molecule has 5 rings (SSSR count). The van der Waals surface area contributed by atoms with Gasteiger partial charge in [0.15, 0.2) is 0 Å². The third-order valence-electron chi connectivity index (χ3n) is 6.68. The van der Waals surface area contributed by atoms with Gasteiger partial charge >= 0.3 is 0 Å². The molecule has 0 aliphatic carbocycles. The minimum atomic E-state index is -0.767. The van der Waals surface area contributed by atoms with E-state index in [4.69, 9.17) is 4.74 Å². The molecule has 1 unspecified atom stereocenters. The van der Waals surface area contributed by atoms with Crippen molar-refractivity contribution in [1.82, 2.24) is 0 Å². The van der Waals surface area contributed by atoms with Crippen LogP contribution in [0.5, 0.6) is 5.75 Å². The maximum absolute atomic E-state index is 11.2. The number of fused-ring (bicyclic) bond motifs is 2. The molecule has 0 amide bonds. The van der Waals surface area contributed by atoms with Gasteiger partial charge in [-0.05, 0) is 54.8 Å². The normalized spacial score (nSPS) is 19.9. The molecule has 32 heavy (non-hydrogen) atoms. The number of rotatable bonds is 4. The van der Waals surface area contributed by atoms with E-state index in [-0.39, 0.29) is 16.0 Å². The van der Waals surface area contributed by atoms with E-state index in [0.29, 0.717) is 17.9 Å². The monoisotopic (exact) mass is 424 g/mol. The molecule has 3 aromatic rings. The fourth-order valence-electron chi connectivity index (χ4n) is 4.85. The summed E-state index contributed by atoms with van der Waals surface area (Å²) >= 11 is 0. The van der Waals surface area contributed by atoms with Crippen molar-refractivity contribution in [2.45, 2.75) is 31.5 Å². The van der Waals surface area contributed by atoms with Crippen LogP contribution in [0.15, 0.2) is 79.4 Å². The number of anilines is 1. The lowest BCUT2D eigenvalue weighted by Crippen LogP contribution is -2.59. The van der Waals surface area contributed by atoms with Crippen molar-refractivity contribution >= 4 is 23.5 Å². The summed E-state index contributed by atoms with van der Waals surface area (Å²) in [6.07, 6.45) is 5.84. The van der Waals surface area contributed by atoms with Crippen molar-refractivity contribution in [3.05, 3.63) is 112 Å². The van der Waals surface area contributed by atoms with Crippen molar-refractivity contribution in [3.8, 4) is 5.75 Å². The second-order valence-electron chi connectivity index (χ2n) is 8.79. The van der Waals surface area contributed by atoms with Crippen molar-refractivity contribution in [3.63, 3.8) is 0 Å². The highest BCUT2D eigenvalue weighted by Crippen LogP contribution is 2.55. The summed E-state index contributed by atoms with van der Waals surface area (Å²) in [5.41, 5.74) is 4.22. The van der Waals surface area contributed by atoms with Gasteiger partial charge in [-0.3, -0.25) is 10.1 Å². The van der Waals surface area contributed by atoms with Crippen LogP contribution in [0.1, 0.15) is 36.1 Å². The molecule has 2 aliphatic rings. The van der Waals surface area contributed by atoms with Crippen LogP contribution in [-0.2, 0) is 12.0 Å². The van der Waals surface area contributed by atoms with Gasteiger partial charge in [0, 0.05) is 29.9 Å². The van der Waals surface area contributed by atoms with Gasteiger partial charge in [-0.1, -0.05) is 55.1 Å². The molecule has 1 spiro atoms. The standard InChI is InChI=1S/C27H24N2O3/c1-4-19-9-11-20(12-10-19)18-28-24-8-6-5-7-23(24)26(2,3)27(28)16-15-21-17-22(29(30)31)13-14-25(21)32-27/h4-17H,1,18H2,2-3H3. The summed E-state index contributed by atoms with van der Waals surface area (Å²) in [6, 6.07) is 21.5. The minimum absolute atomic E-state index is 0.0566. The molecule has 5 nitrogen and oxygen atoms in total. The Morgan fingerprint density at radius 1 is 1.09 bits per heavy atom. The van der Waals surface area contributed by atoms with Crippen LogP contribution in [0.2, 0.25) is 0 Å². The first-order valence-corrected chi connectivity index (χ1v) is 10.6. The molecular weight excluding hydrogens is 400 g/mol. The Hall–Kier alpha value is -3.86. The molecule has 5 heteroatoms. The van der Waals surface area contributed by atoms with E-state index in [2.05, 4.69) is 73.9 Å². The second-order valence-corrected chi connectivity index (χ2v) is 8.79. The van der Waals surface area contributed by atoms with E-state index in [0.717, 1.165) is 16.8 Å². The van der Waals surface area contributed by atoms with E-state index in [1.165, 1.54) is 11.6 Å². The molecule has 0 fully saturated rings. The molecule has 0 bridgehead atoms. The number of nitro groups is 1. The summed E-state index contributed by atoms with van der Waals surface area (Å²) in [7, 11) is 0. The SMILES string of the molecule is C=Cc1ccc(CN2c3ccccc3C(C)(C)C23C=Cc2cc([N+](=O)[O-])ccc2O3)cc1. The predicted octanol–water partition coefficient (Wildman–Crippen LogP) is 6.34. The van der Waals surface area contributed by atoms with Gasteiger partial charge < -0.3 is 9.64 Å². The molecule has 3 aromatic carbocycles. The number of hydrogen-bond donors (Lipinski definition) is 0. The van der Waals surface area contributed by atoms with Crippen molar-refractivity contribution in [2.75, 3.05) is 4.90 Å². The Morgan fingerprint density at radius 3 is 2.56 bits per heavy atom. The number of ether oxygens (including phenoxy) is 1. The van der Waals surface area contributed by atoms with Crippen LogP contribution in [0, 0.1) is 10.1 Å². The smallest absolute Gasteiger partial charge is 0.270 e. The number of benzene rings is 3. The minimum Gasteiger partial charge on any atom is -0.463 e. The van der Waals surface area contributed by atoms with Crippen LogP contribution in [0.25, 0.3) is 12.2 Å². The third kappa shape index (κ3) is 2.85. The summed E-state index contributed by atoms with van der Waals surface area (Å²) in [5, 5.41) is 11.2. The molecule has 160 valence electrons. The van der Waals surface area contributed by atoms with Gasteiger partial charge in [0.2, 0.25) is 5.72 Å². The zero-order chi connectivity index (χ0) is 22.5. The van der Waals surface area contributed by atoms with E-state index >= 15 is 0 Å². The lowest BCUT2D eigenvalue weighted by Gasteiger charge is -2.47. The Balaban J connectivity index is 1.62. The van der Waals surface area contributed by atoms with Crippen LogP contribution in [0.4, 0.5) is 11.4 Å². The Kier molecular flexibility index (Phi) is 4.45. The predicted molar refractivity (Wildman–Crippen MR) is 128 cm³/mol. The fraction of sp³-hybridized carbons (Fsp3) is 0.185. The summed E-state index contributed by atoms with van der Waals surface area (Å²) in [6.45, 7) is 8.87. The van der Waals surface area contributed by atoms with Gasteiger partial charge in [-0.15, -0.1) is 0 Å². The summed E-state index contributed by atoms with van der Waals surface area (Å²) in [4.78, 5) is 13.1. The van der Waals surface area contributed by atoms with Crippen LogP contribution < -0.4 is 9.64 Å². The van der Waals surface area contributed by atoms with Gasteiger partial charge in [-0.2, -0.15) is 0 Å². The maximum Gasteiger partial charge on any atom is 0.270 e. The maximum atomic E-state index is 11.2. The van der Waals surface area contributed by atoms with Gasteiger partial charge in [-0.25, -0.2) is 0 Å². The average Bonchev–Trinajstić information content (AvgIpc) is 2.98. The van der Waals surface area contributed by atoms with Crippen LogP contribution in [-0.4, -0.2) is 10.6 Å². The van der Waals surface area contributed by atoms with Crippen LogP contribution >= 0.6 is 0 Å². The van der Waals surface area contributed by atoms with E-state index in [9.17, 15) is 10.1 Å². The van der Waals surface area contributed by atoms with E-state index < -0.39 is 5.72 Å². The average molecular weight is 425 g/mol. The lowest BCUT2D eigenvalue weighted by atomic mass is 9.76. The molecule has 2 heterocycles. The molecule has 0 saturated heterocycles. The largest absolute Gasteiger partial charge is 0.463 e. The number of para-hydroxylation sites is 1. The highest BCUT2D eigenvalue weighted by atomic mass is 16.6. The number of nitro benzene ring substituents is 1. The highest BCUT2D eigenvalue weighted by molar-refractivity contribution is 5.73. The first kappa shape index (κ1) is 20.1. The quantitative estimate of drug-likeness (QED) is 0.362. The molecular formula is C27H24N2O3. The number of hydrogen-bond acceptors (Lipinski definition) is 4. The fourth-order valence-corrected chi connectivity index (χ4v) is 4.85. The first-order chi connectivity index (χ1) is 15.4. The second kappa shape index (κ2) is 7.09. The summed E-state index contributed by atoms with van der Waals surface area (Å²) < 4.78 is 6.74. The highest BCUT2D eigenvalue weighted by Gasteiger charge is 2.58. The lowest BCUT2D eigenvalue weighted by molar-refractivity contribution is -0.384. The van der Waals surface area contributed by atoms with Crippen molar-refractivity contribution in [2.24, 2.45) is 0 Å². The first-order valence-electron chi connectivity index (χ1n) is 10.6. The van der Waals surface area contributed by atoms with Crippen molar-refractivity contribution < 1.29 is 9.66 Å². The van der Waals surface area contributed by atoms with Crippen molar-refractivity contribution in [1.29, 1.82) is 0 Å². The van der Waals surface area contributed by atoms with E-state index in [1.54, 1.807) is 12.1 Å². The molecule has 0 saturated carbocycles. The summed E-state index contributed by atoms with van der Waals surface area (Å²) in [5.74, 6) is 0.644. The Morgan fingerprint density at radius 2 is 1.84 bits per heavy atom. The van der Waals surface area contributed by atoms with Crippen LogP contribution in [0.3, 0.4) is 0 Å². The topological polar surface area (TPSA) is 55.6 Å².